The Morgan fingerprint density at radius 2 is 2.14 bits per heavy atom. The van der Waals surface area contributed by atoms with Crippen molar-refractivity contribution in [2.24, 2.45) is 0 Å². The SMILES string of the molecule is CNC1(CC(=O)N(Cc2ccco2)C2CC2)CCCCC1. The molecule has 3 rings (SSSR count). The summed E-state index contributed by atoms with van der Waals surface area (Å²) in [5.41, 5.74) is 0.0195. The predicted octanol–water partition coefficient (Wildman–Crippen LogP) is 3.08. The van der Waals surface area contributed by atoms with Gasteiger partial charge >= 0.3 is 0 Å². The molecule has 1 aromatic rings. The van der Waals surface area contributed by atoms with Gasteiger partial charge in [-0.05, 0) is 44.9 Å². The molecule has 116 valence electrons. The van der Waals surface area contributed by atoms with E-state index >= 15 is 0 Å². The van der Waals surface area contributed by atoms with Crippen LogP contribution in [0.15, 0.2) is 22.8 Å². The van der Waals surface area contributed by atoms with Gasteiger partial charge in [0.15, 0.2) is 0 Å². The highest BCUT2D eigenvalue weighted by atomic mass is 16.3. The third-order valence-electron chi connectivity index (χ3n) is 5.04. The molecule has 2 aliphatic rings. The van der Waals surface area contributed by atoms with Crippen molar-refractivity contribution in [1.29, 1.82) is 0 Å². The van der Waals surface area contributed by atoms with E-state index in [4.69, 9.17) is 4.42 Å². The van der Waals surface area contributed by atoms with Crippen molar-refractivity contribution in [1.82, 2.24) is 10.2 Å². The fourth-order valence-electron chi connectivity index (χ4n) is 3.51. The van der Waals surface area contributed by atoms with Crippen LogP contribution in [0, 0.1) is 0 Å². The smallest absolute Gasteiger partial charge is 0.225 e. The van der Waals surface area contributed by atoms with Gasteiger partial charge in [-0.3, -0.25) is 4.79 Å². The Labute approximate surface area is 126 Å². The van der Waals surface area contributed by atoms with Crippen LogP contribution >= 0.6 is 0 Å². The normalized spacial score (nSPS) is 21.2. The van der Waals surface area contributed by atoms with E-state index in [1.165, 1.54) is 19.3 Å². The first-order valence-electron chi connectivity index (χ1n) is 8.23. The quantitative estimate of drug-likeness (QED) is 0.875. The van der Waals surface area contributed by atoms with Gasteiger partial charge in [0.1, 0.15) is 5.76 Å². The third-order valence-corrected chi connectivity index (χ3v) is 5.04. The fourth-order valence-corrected chi connectivity index (χ4v) is 3.51. The lowest BCUT2D eigenvalue weighted by molar-refractivity contribution is -0.134. The second-order valence-corrected chi connectivity index (χ2v) is 6.60. The Bertz CT molecular complexity index is 459. The minimum absolute atomic E-state index is 0.0195. The molecule has 0 saturated heterocycles. The molecule has 1 amide bonds. The zero-order valence-electron chi connectivity index (χ0n) is 12.9. The van der Waals surface area contributed by atoms with Crippen molar-refractivity contribution in [2.75, 3.05) is 7.05 Å². The van der Waals surface area contributed by atoms with Crippen LogP contribution in [0.3, 0.4) is 0 Å². The van der Waals surface area contributed by atoms with Crippen LogP contribution in [-0.4, -0.2) is 29.4 Å². The second kappa shape index (κ2) is 6.22. The Kier molecular flexibility index (Phi) is 4.34. The Balaban J connectivity index is 1.66. The number of hydrogen-bond donors (Lipinski definition) is 1. The van der Waals surface area contributed by atoms with Crippen molar-refractivity contribution in [2.45, 2.75) is 69.5 Å². The van der Waals surface area contributed by atoms with Crippen molar-refractivity contribution in [3.8, 4) is 0 Å². The Morgan fingerprint density at radius 1 is 1.38 bits per heavy atom. The first-order chi connectivity index (χ1) is 10.2. The van der Waals surface area contributed by atoms with Gasteiger partial charge in [0, 0.05) is 18.0 Å². The number of hydrogen-bond acceptors (Lipinski definition) is 3. The number of carbonyl (C=O) groups is 1. The Hall–Kier alpha value is -1.29. The molecule has 0 radical (unpaired) electrons. The van der Waals surface area contributed by atoms with Crippen LogP contribution in [0.5, 0.6) is 0 Å². The molecule has 4 nitrogen and oxygen atoms in total. The van der Waals surface area contributed by atoms with Gasteiger partial charge in [0.2, 0.25) is 5.91 Å². The second-order valence-electron chi connectivity index (χ2n) is 6.60. The molecule has 2 saturated carbocycles. The summed E-state index contributed by atoms with van der Waals surface area (Å²) in [6.45, 7) is 0.621. The average Bonchev–Trinajstić information content (AvgIpc) is 3.22. The van der Waals surface area contributed by atoms with Crippen LogP contribution in [-0.2, 0) is 11.3 Å². The maximum atomic E-state index is 12.8. The summed E-state index contributed by atoms with van der Waals surface area (Å²) in [5.74, 6) is 1.17. The highest BCUT2D eigenvalue weighted by molar-refractivity contribution is 5.78. The zero-order chi connectivity index (χ0) is 14.7. The first-order valence-corrected chi connectivity index (χ1v) is 8.23. The van der Waals surface area contributed by atoms with Gasteiger partial charge in [0.05, 0.1) is 12.8 Å². The number of nitrogens with one attached hydrogen (secondary N) is 1. The van der Waals surface area contributed by atoms with Crippen LogP contribution in [0.2, 0.25) is 0 Å². The summed E-state index contributed by atoms with van der Waals surface area (Å²) in [5, 5.41) is 3.45. The van der Waals surface area contributed by atoms with Gasteiger partial charge in [0.25, 0.3) is 0 Å². The number of carbonyl (C=O) groups excluding carboxylic acids is 1. The molecule has 0 bridgehead atoms. The van der Waals surface area contributed by atoms with E-state index in [-0.39, 0.29) is 11.4 Å². The maximum absolute atomic E-state index is 12.8. The van der Waals surface area contributed by atoms with Crippen molar-refractivity contribution < 1.29 is 9.21 Å². The molecule has 1 aromatic heterocycles. The van der Waals surface area contributed by atoms with Crippen LogP contribution in [0.1, 0.15) is 57.1 Å². The number of rotatable bonds is 6. The van der Waals surface area contributed by atoms with Crippen LogP contribution in [0.25, 0.3) is 0 Å². The first kappa shape index (κ1) is 14.6. The monoisotopic (exact) mass is 290 g/mol. The van der Waals surface area contributed by atoms with Crippen molar-refractivity contribution in [3.05, 3.63) is 24.2 Å². The molecular formula is C17H26N2O2. The molecule has 21 heavy (non-hydrogen) atoms. The van der Waals surface area contributed by atoms with Crippen molar-refractivity contribution >= 4 is 5.91 Å². The molecule has 0 aliphatic heterocycles. The van der Waals surface area contributed by atoms with E-state index in [9.17, 15) is 4.79 Å². The fraction of sp³-hybridized carbons (Fsp3) is 0.706. The molecule has 0 unspecified atom stereocenters. The van der Waals surface area contributed by atoms with E-state index in [1.807, 2.05) is 24.1 Å². The predicted molar refractivity (Wildman–Crippen MR) is 81.8 cm³/mol. The van der Waals surface area contributed by atoms with E-state index in [2.05, 4.69) is 5.32 Å². The van der Waals surface area contributed by atoms with Gasteiger partial charge in [-0.1, -0.05) is 19.3 Å². The van der Waals surface area contributed by atoms with E-state index < -0.39 is 0 Å². The molecule has 1 N–H and O–H groups in total. The topological polar surface area (TPSA) is 45.5 Å². The minimum Gasteiger partial charge on any atom is -0.467 e. The molecule has 0 spiro atoms. The maximum Gasteiger partial charge on any atom is 0.225 e. The van der Waals surface area contributed by atoms with Gasteiger partial charge < -0.3 is 14.6 Å². The number of furan rings is 1. The van der Waals surface area contributed by atoms with E-state index in [1.54, 1.807) is 6.26 Å². The highest BCUT2D eigenvalue weighted by Gasteiger charge is 2.38. The molecule has 1 heterocycles. The third kappa shape index (κ3) is 3.49. The molecule has 0 atom stereocenters. The molecule has 0 aromatic carbocycles. The van der Waals surface area contributed by atoms with Crippen LogP contribution < -0.4 is 5.32 Å². The van der Waals surface area contributed by atoms with Gasteiger partial charge in [-0.15, -0.1) is 0 Å². The summed E-state index contributed by atoms with van der Waals surface area (Å²) in [6.07, 6.45) is 10.6. The van der Waals surface area contributed by atoms with E-state index in [0.29, 0.717) is 19.0 Å². The number of amides is 1. The number of nitrogens with zero attached hydrogens (tertiary/aromatic N) is 1. The summed E-state index contributed by atoms with van der Waals surface area (Å²) in [6, 6.07) is 4.28. The van der Waals surface area contributed by atoms with Gasteiger partial charge in [-0.2, -0.15) is 0 Å². The largest absolute Gasteiger partial charge is 0.467 e. The molecule has 4 heteroatoms. The average molecular weight is 290 g/mol. The Morgan fingerprint density at radius 3 is 2.71 bits per heavy atom. The summed E-state index contributed by atoms with van der Waals surface area (Å²) in [7, 11) is 2.01. The molecular weight excluding hydrogens is 264 g/mol. The minimum atomic E-state index is 0.0195. The lowest BCUT2D eigenvalue weighted by Gasteiger charge is -2.38. The lowest BCUT2D eigenvalue weighted by atomic mass is 9.79. The van der Waals surface area contributed by atoms with Crippen molar-refractivity contribution in [3.63, 3.8) is 0 Å². The van der Waals surface area contributed by atoms with Crippen LogP contribution in [0.4, 0.5) is 0 Å². The highest BCUT2D eigenvalue weighted by Crippen LogP contribution is 2.34. The van der Waals surface area contributed by atoms with E-state index in [0.717, 1.165) is 31.4 Å². The summed E-state index contributed by atoms with van der Waals surface area (Å²) < 4.78 is 5.42. The summed E-state index contributed by atoms with van der Waals surface area (Å²) >= 11 is 0. The zero-order valence-corrected chi connectivity index (χ0v) is 12.9. The molecule has 2 aliphatic carbocycles. The lowest BCUT2D eigenvalue weighted by Crippen LogP contribution is -2.49. The standard InChI is InChI=1S/C17H26N2O2/c1-18-17(9-3-2-4-10-17)12-16(20)19(14-7-8-14)13-15-6-5-11-21-15/h5-6,11,14,18H,2-4,7-10,12-13H2,1H3. The molecule has 2 fully saturated rings. The van der Waals surface area contributed by atoms with Gasteiger partial charge in [-0.25, -0.2) is 0 Å². The summed E-state index contributed by atoms with van der Waals surface area (Å²) in [4.78, 5) is 14.9.